The maximum atomic E-state index is 12.6. The van der Waals surface area contributed by atoms with Crippen molar-refractivity contribution in [1.29, 1.82) is 0 Å². The number of esters is 2. The molecule has 1 aliphatic heterocycles. The van der Waals surface area contributed by atoms with E-state index in [1.807, 2.05) is 42.5 Å². The van der Waals surface area contributed by atoms with E-state index in [9.17, 15) is 19.2 Å². The molecule has 2 aromatic heterocycles. The number of ether oxygens (including phenoxy) is 3. The third-order valence-corrected chi connectivity index (χ3v) is 6.32. The van der Waals surface area contributed by atoms with Gasteiger partial charge in [0, 0.05) is 36.2 Å². The lowest BCUT2D eigenvalue weighted by Crippen LogP contribution is -2.33. The second kappa shape index (κ2) is 9.55. The van der Waals surface area contributed by atoms with E-state index in [-0.39, 0.29) is 13.0 Å². The van der Waals surface area contributed by atoms with Gasteiger partial charge in [-0.25, -0.2) is 4.79 Å². The normalized spacial score (nSPS) is 19.9. The zero-order chi connectivity index (χ0) is 23.5. The summed E-state index contributed by atoms with van der Waals surface area (Å²) < 4.78 is 17.5. The van der Waals surface area contributed by atoms with E-state index in [1.165, 1.54) is 35.9 Å². The number of nitrogens with one attached hydrogen (secondary N) is 1. The molecule has 0 unspecified atom stereocenters. The Labute approximate surface area is 192 Å². The van der Waals surface area contributed by atoms with Crippen LogP contribution in [-0.2, 0) is 23.8 Å². The maximum absolute atomic E-state index is 12.6. The van der Waals surface area contributed by atoms with Crippen molar-refractivity contribution in [1.82, 2.24) is 9.55 Å². The van der Waals surface area contributed by atoms with Gasteiger partial charge in [0.25, 0.3) is 5.56 Å². The summed E-state index contributed by atoms with van der Waals surface area (Å²) in [7, 11) is 0. The van der Waals surface area contributed by atoms with E-state index >= 15 is 0 Å². The molecule has 0 saturated carbocycles. The number of benzene rings is 1. The number of aromatic nitrogens is 2. The predicted molar refractivity (Wildman–Crippen MR) is 121 cm³/mol. The van der Waals surface area contributed by atoms with Crippen LogP contribution in [0, 0.1) is 0 Å². The van der Waals surface area contributed by atoms with E-state index in [4.69, 9.17) is 14.2 Å². The summed E-state index contributed by atoms with van der Waals surface area (Å²) in [4.78, 5) is 51.9. The Morgan fingerprint density at radius 1 is 1.09 bits per heavy atom. The smallest absolute Gasteiger partial charge is 0.330 e. The van der Waals surface area contributed by atoms with Crippen molar-refractivity contribution in [2.75, 3.05) is 6.61 Å². The topological polar surface area (TPSA) is 117 Å². The molecule has 3 atom stereocenters. The molecule has 1 fully saturated rings. The molecule has 4 rings (SSSR count). The van der Waals surface area contributed by atoms with E-state index < -0.39 is 41.6 Å². The summed E-state index contributed by atoms with van der Waals surface area (Å²) in [5, 5.41) is 0. The highest BCUT2D eigenvalue weighted by Gasteiger charge is 2.39. The molecule has 9 nitrogen and oxygen atoms in total. The Hall–Kier alpha value is -3.50. The van der Waals surface area contributed by atoms with Gasteiger partial charge in [-0.1, -0.05) is 30.3 Å². The van der Waals surface area contributed by atoms with Gasteiger partial charge in [-0.3, -0.25) is 23.9 Å². The van der Waals surface area contributed by atoms with Gasteiger partial charge in [-0.05, 0) is 17.7 Å². The van der Waals surface area contributed by atoms with E-state index in [1.54, 1.807) is 0 Å². The van der Waals surface area contributed by atoms with Gasteiger partial charge in [0.1, 0.15) is 25.0 Å². The van der Waals surface area contributed by atoms with Crippen LogP contribution in [0.4, 0.5) is 0 Å². The van der Waals surface area contributed by atoms with E-state index in [0.717, 1.165) is 10.4 Å². The lowest BCUT2D eigenvalue weighted by Gasteiger charge is -2.17. The van der Waals surface area contributed by atoms with Crippen LogP contribution in [0.15, 0.2) is 58.3 Å². The first-order valence-electron chi connectivity index (χ1n) is 10.3. The maximum Gasteiger partial charge on any atom is 0.330 e. The molecule has 1 aliphatic rings. The number of thiophene rings is 1. The number of rotatable bonds is 6. The van der Waals surface area contributed by atoms with E-state index in [2.05, 4.69) is 4.98 Å². The average molecular weight is 471 g/mol. The number of carbonyl (C=O) groups is 2. The number of carbonyl (C=O) groups excluding carboxylic acids is 2. The first-order valence-corrected chi connectivity index (χ1v) is 11.1. The van der Waals surface area contributed by atoms with Crippen LogP contribution in [0.5, 0.6) is 0 Å². The second-order valence-corrected chi connectivity index (χ2v) is 8.64. The molecule has 3 heterocycles. The van der Waals surface area contributed by atoms with Crippen LogP contribution >= 0.6 is 11.3 Å². The fourth-order valence-corrected chi connectivity index (χ4v) is 4.69. The highest BCUT2D eigenvalue weighted by Crippen LogP contribution is 2.34. The molecular formula is C23H22N2O7S. The first kappa shape index (κ1) is 22.7. The molecule has 1 N–H and O–H groups in total. The summed E-state index contributed by atoms with van der Waals surface area (Å²) in [6.45, 7) is 2.40. The van der Waals surface area contributed by atoms with Gasteiger partial charge in [0.05, 0.1) is 5.56 Å². The lowest BCUT2D eigenvalue weighted by molar-refractivity contribution is -0.155. The first-order chi connectivity index (χ1) is 15.8. The third-order valence-electron chi connectivity index (χ3n) is 5.16. The molecule has 10 heteroatoms. The number of hydrogen-bond acceptors (Lipinski definition) is 8. The molecular weight excluding hydrogens is 448 g/mol. The molecule has 3 aromatic rings. The summed E-state index contributed by atoms with van der Waals surface area (Å²) in [6, 6.07) is 13.5. The Morgan fingerprint density at radius 3 is 2.52 bits per heavy atom. The van der Waals surface area contributed by atoms with Crippen molar-refractivity contribution in [3.05, 3.63) is 69.5 Å². The molecule has 0 amide bonds. The molecule has 172 valence electrons. The zero-order valence-electron chi connectivity index (χ0n) is 18.0. The van der Waals surface area contributed by atoms with Crippen LogP contribution in [0.1, 0.15) is 26.5 Å². The molecule has 0 bridgehead atoms. The minimum atomic E-state index is -0.813. The van der Waals surface area contributed by atoms with Gasteiger partial charge < -0.3 is 14.2 Å². The van der Waals surface area contributed by atoms with Crippen LogP contribution < -0.4 is 11.2 Å². The number of aromatic amines is 1. The van der Waals surface area contributed by atoms with Crippen molar-refractivity contribution in [2.45, 2.75) is 38.7 Å². The van der Waals surface area contributed by atoms with Crippen molar-refractivity contribution >= 4 is 23.3 Å². The number of hydrogen-bond donors (Lipinski definition) is 1. The van der Waals surface area contributed by atoms with Gasteiger partial charge in [-0.2, -0.15) is 0 Å². The zero-order valence-corrected chi connectivity index (χ0v) is 18.8. The van der Waals surface area contributed by atoms with Crippen LogP contribution in [0.25, 0.3) is 20.9 Å². The van der Waals surface area contributed by atoms with Gasteiger partial charge >= 0.3 is 17.6 Å². The average Bonchev–Trinajstić information content (AvgIpc) is 3.40. The van der Waals surface area contributed by atoms with Crippen molar-refractivity contribution in [3.8, 4) is 20.9 Å². The lowest BCUT2D eigenvalue weighted by atomic mass is 10.2. The van der Waals surface area contributed by atoms with Gasteiger partial charge in [-0.15, -0.1) is 11.3 Å². The molecule has 0 radical (unpaired) electrons. The van der Waals surface area contributed by atoms with Crippen LogP contribution in [0.2, 0.25) is 0 Å². The third kappa shape index (κ3) is 5.12. The van der Waals surface area contributed by atoms with Crippen LogP contribution in [-0.4, -0.2) is 40.3 Å². The Morgan fingerprint density at radius 2 is 1.82 bits per heavy atom. The molecule has 0 aliphatic carbocycles. The summed E-state index contributed by atoms with van der Waals surface area (Å²) in [5.74, 6) is -1.02. The fraction of sp³-hybridized carbons (Fsp3) is 0.304. The monoisotopic (exact) mass is 470 g/mol. The SMILES string of the molecule is CC(=O)OC[C@H]1O[C@@H](n2cc(-c3ccc(-c4ccccc4)s3)c(=O)[nH]c2=O)C[C@@H]1OC(C)=O. The van der Waals surface area contributed by atoms with Gasteiger partial charge in [0.2, 0.25) is 0 Å². The highest BCUT2D eigenvalue weighted by atomic mass is 32.1. The highest BCUT2D eigenvalue weighted by molar-refractivity contribution is 7.18. The number of nitrogens with zero attached hydrogens (tertiary/aromatic N) is 1. The molecule has 33 heavy (non-hydrogen) atoms. The largest absolute Gasteiger partial charge is 0.463 e. The summed E-state index contributed by atoms with van der Waals surface area (Å²) in [6.07, 6.45) is -0.647. The molecule has 1 aromatic carbocycles. The Balaban J connectivity index is 1.64. The van der Waals surface area contributed by atoms with E-state index in [0.29, 0.717) is 10.4 Å². The molecule has 0 spiro atoms. The Bertz CT molecular complexity index is 1280. The minimum Gasteiger partial charge on any atom is -0.463 e. The van der Waals surface area contributed by atoms with Crippen LogP contribution in [0.3, 0.4) is 0 Å². The van der Waals surface area contributed by atoms with Crippen molar-refractivity contribution < 1.29 is 23.8 Å². The Kier molecular flexibility index (Phi) is 6.57. The standard InChI is InChI=1S/C23H22N2O7S/c1-13(26)30-12-18-17(31-14(2)27)10-21(32-18)25-11-16(22(28)24-23(25)29)20-9-8-19(33-20)15-6-4-3-5-7-15/h3-9,11,17-18,21H,10,12H2,1-2H3,(H,24,28,29)/t17-,18+,21+/m0/s1. The summed E-state index contributed by atoms with van der Waals surface area (Å²) >= 11 is 1.43. The second-order valence-electron chi connectivity index (χ2n) is 7.55. The quantitative estimate of drug-likeness (QED) is 0.551. The fourth-order valence-electron chi connectivity index (χ4n) is 3.67. The number of H-pyrrole nitrogens is 1. The predicted octanol–water partition coefficient (Wildman–Crippen LogP) is 2.71. The van der Waals surface area contributed by atoms with Crippen molar-refractivity contribution in [3.63, 3.8) is 0 Å². The van der Waals surface area contributed by atoms with Gasteiger partial charge in [0.15, 0.2) is 0 Å². The summed E-state index contributed by atoms with van der Waals surface area (Å²) in [5.41, 5.74) is 0.181. The van der Waals surface area contributed by atoms with Crippen molar-refractivity contribution in [2.24, 2.45) is 0 Å². The minimum absolute atomic E-state index is 0.125. The molecule has 1 saturated heterocycles.